The Kier molecular flexibility index (Phi) is 11.6. The molecular formula is C17H34N4S2. The molecule has 0 spiro atoms. The third-order valence-electron chi connectivity index (χ3n) is 4.35. The summed E-state index contributed by atoms with van der Waals surface area (Å²) in [6.07, 6.45) is 9.96. The molecule has 2 bridgehead atoms. The Morgan fingerprint density at radius 2 is 1.70 bits per heavy atom. The molecule has 1 saturated heterocycles. The Hall–Kier alpha value is 0.280. The van der Waals surface area contributed by atoms with Crippen LogP contribution in [0.1, 0.15) is 25.7 Å². The molecule has 2 atom stereocenters. The monoisotopic (exact) mass is 358 g/mol. The van der Waals surface area contributed by atoms with Crippen LogP contribution in [0.15, 0.2) is 12.2 Å². The van der Waals surface area contributed by atoms with Gasteiger partial charge < -0.3 is 21.3 Å². The summed E-state index contributed by atoms with van der Waals surface area (Å²) in [5, 5.41) is 14.5. The van der Waals surface area contributed by atoms with Crippen molar-refractivity contribution in [1.29, 1.82) is 0 Å². The van der Waals surface area contributed by atoms with Crippen LogP contribution in [0.3, 0.4) is 0 Å². The lowest BCUT2D eigenvalue weighted by Crippen LogP contribution is -2.44. The maximum absolute atomic E-state index is 3.71. The summed E-state index contributed by atoms with van der Waals surface area (Å²) in [5.74, 6) is 3.14. The summed E-state index contributed by atoms with van der Waals surface area (Å²) < 4.78 is 0. The first-order valence-electron chi connectivity index (χ1n) is 9.22. The van der Waals surface area contributed by atoms with Crippen LogP contribution in [0.25, 0.3) is 0 Å². The molecule has 0 aromatic heterocycles. The predicted molar refractivity (Wildman–Crippen MR) is 106 cm³/mol. The molecule has 0 saturated carbocycles. The highest BCUT2D eigenvalue weighted by Crippen LogP contribution is 2.23. The van der Waals surface area contributed by atoms with Crippen molar-refractivity contribution in [2.45, 2.75) is 31.7 Å². The highest BCUT2D eigenvalue weighted by molar-refractivity contribution is 8.76. The van der Waals surface area contributed by atoms with Crippen LogP contribution < -0.4 is 21.3 Å². The molecule has 0 aromatic rings. The third-order valence-corrected chi connectivity index (χ3v) is 6.87. The van der Waals surface area contributed by atoms with Crippen molar-refractivity contribution in [3.05, 3.63) is 12.2 Å². The first-order valence-corrected chi connectivity index (χ1v) is 11.7. The van der Waals surface area contributed by atoms with Crippen LogP contribution in [0.4, 0.5) is 0 Å². The Morgan fingerprint density at radius 3 is 2.70 bits per heavy atom. The third kappa shape index (κ3) is 9.99. The minimum Gasteiger partial charge on any atom is -0.315 e. The zero-order chi connectivity index (χ0) is 16.0. The van der Waals surface area contributed by atoms with E-state index in [9.17, 15) is 0 Å². The fourth-order valence-electron chi connectivity index (χ4n) is 2.97. The minimum absolute atomic E-state index is 0.565. The number of nitrogens with one attached hydrogen (secondary N) is 4. The molecule has 6 heteroatoms. The summed E-state index contributed by atoms with van der Waals surface area (Å²) in [6, 6.07) is 0.565. The fourth-order valence-corrected chi connectivity index (χ4v) is 5.24. The molecule has 23 heavy (non-hydrogen) atoms. The zero-order valence-electron chi connectivity index (χ0n) is 14.3. The van der Waals surface area contributed by atoms with Gasteiger partial charge in [-0.15, -0.1) is 0 Å². The second-order valence-corrected chi connectivity index (χ2v) is 9.00. The van der Waals surface area contributed by atoms with E-state index in [4.69, 9.17) is 0 Å². The van der Waals surface area contributed by atoms with Crippen molar-refractivity contribution in [1.82, 2.24) is 21.3 Å². The smallest absolute Gasteiger partial charge is 0.0291 e. The van der Waals surface area contributed by atoms with Crippen molar-refractivity contribution in [3.63, 3.8) is 0 Å². The van der Waals surface area contributed by atoms with Gasteiger partial charge in [0.15, 0.2) is 0 Å². The van der Waals surface area contributed by atoms with Crippen LogP contribution in [0.2, 0.25) is 0 Å². The van der Waals surface area contributed by atoms with E-state index in [-0.39, 0.29) is 0 Å². The van der Waals surface area contributed by atoms with Crippen molar-refractivity contribution in [3.8, 4) is 0 Å². The fraction of sp³-hybridized carbons (Fsp3) is 0.882. The second kappa shape index (κ2) is 13.6. The molecule has 2 aliphatic heterocycles. The Balaban J connectivity index is 1.92. The summed E-state index contributed by atoms with van der Waals surface area (Å²) in [4.78, 5) is 0. The molecular weight excluding hydrogens is 324 g/mol. The SMILES string of the molecule is C1=C\C2CCCNCCNCC(CSSCC/1)NCCNCC2. The Bertz CT molecular complexity index is 315. The van der Waals surface area contributed by atoms with Gasteiger partial charge in [-0.1, -0.05) is 33.7 Å². The molecule has 4 nitrogen and oxygen atoms in total. The van der Waals surface area contributed by atoms with E-state index < -0.39 is 0 Å². The normalized spacial score (nSPS) is 32.0. The van der Waals surface area contributed by atoms with Crippen molar-refractivity contribution < 1.29 is 0 Å². The summed E-state index contributed by atoms with van der Waals surface area (Å²) in [5.41, 5.74) is 0. The molecule has 2 unspecified atom stereocenters. The number of allylic oxidation sites excluding steroid dienone is 2. The van der Waals surface area contributed by atoms with Crippen LogP contribution in [-0.4, -0.2) is 63.4 Å². The largest absolute Gasteiger partial charge is 0.315 e. The van der Waals surface area contributed by atoms with Gasteiger partial charge in [0.2, 0.25) is 0 Å². The van der Waals surface area contributed by atoms with Gasteiger partial charge in [-0.2, -0.15) is 0 Å². The van der Waals surface area contributed by atoms with Crippen LogP contribution in [-0.2, 0) is 0 Å². The highest BCUT2D eigenvalue weighted by Gasteiger charge is 2.09. The molecule has 1 fully saturated rings. The van der Waals surface area contributed by atoms with Gasteiger partial charge in [-0.05, 0) is 44.7 Å². The van der Waals surface area contributed by atoms with Crippen molar-refractivity contribution in [2.24, 2.45) is 5.92 Å². The topological polar surface area (TPSA) is 48.1 Å². The van der Waals surface area contributed by atoms with Gasteiger partial charge in [0.05, 0.1) is 0 Å². The van der Waals surface area contributed by atoms with Crippen LogP contribution in [0.5, 0.6) is 0 Å². The predicted octanol–water partition coefficient (Wildman–Crippen LogP) is 1.85. The first kappa shape index (κ1) is 19.6. The quantitative estimate of drug-likeness (QED) is 0.392. The van der Waals surface area contributed by atoms with Gasteiger partial charge in [-0.3, -0.25) is 0 Å². The van der Waals surface area contributed by atoms with Gasteiger partial charge >= 0.3 is 0 Å². The lowest BCUT2D eigenvalue weighted by molar-refractivity contribution is 0.455. The zero-order valence-corrected chi connectivity index (χ0v) is 16.0. The van der Waals surface area contributed by atoms with Crippen LogP contribution >= 0.6 is 21.6 Å². The number of hydrogen-bond acceptors (Lipinski definition) is 6. The highest BCUT2D eigenvalue weighted by atomic mass is 33.1. The summed E-state index contributed by atoms with van der Waals surface area (Å²) in [6.45, 7) is 7.64. The van der Waals surface area contributed by atoms with E-state index in [1.54, 1.807) is 0 Å². The molecule has 2 rings (SSSR count). The van der Waals surface area contributed by atoms with E-state index in [1.165, 1.54) is 37.2 Å². The second-order valence-electron chi connectivity index (χ2n) is 6.37. The van der Waals surface area contributed by atoms with E-state index in [1.807, 2.05) is 21.6 Å². The Labute approximate surface area is 150 Å². The van der Waals surface area contributed by atoms with E-state index in [0.29, 0.717) is 6.04 Å². The first-order chi connectivity index (χ1) is 11.4. The minimum atomic E-state index is 0.565. The van der Waals surface area contributed by atoms with Gasteiger partial charge in [-0.25, -0.2) is 0 Å². The molecule has 0 amide bonds. The molecule has 2 aliphatic rings. The van der Waals surface area contributed by atoms with Crippen molar-refractivity contribution >= 4 is 21.6 Å². The van der Waals surface area contributed by atoms with E-state index >= 15 is 0 Å². The summed E-state index contributed by atoms with van der Waals surface area (Å²) in [7, 11) is 4.04. The van der Waals surface area contributed by atoms with Gasteiger partial charge in [0.1, 0.15) is 0 Å². The number of rotatable bonds is 0. The number of fused-ring (bicyclic) bond motifs is 7. The Morgan fingerprint density at radius 1 is 0.826 bits per heavy atom. The number of hydrogen-bond donors (Lipinski definition) is 4. The maximum Gasteiger partial charge on any atom is 0.0291 e. The summed E-state index contributed by atoms with van der Waals surface area (Å²) >= 11 is 0. The van der Waals surface area contributed by atoms with Gasteiger partial charge in [0.25, 0.3) is 0 Å². The average Bonchev–Trinajstić information content (AvgIpc) is 2.56. The van der Waals surface area contributed by atoms with E-state index in [0.717, 1.165) is 51.7 Å². The molecule has 0 aliphatic carbocycles. The van der Waals surface area contributed by atoms with E-state index in [2.05, 4.69) is 33.4 Å². The maximum atomic E-state index is 3.71. The van der Waals surface area contributed by atoms with Crippen molar-refractivity contribution in [2.75, 3.05) is 57.3 Å². The lowest BCUT2D eigenvalue weighted by Gasteiger charge is -2.20. The molecule has 134 valence electrons. The van der Waals surface area contributed by atoms with Crippen LogP contribution in [0, 0.1) is 5.92 Å². The molecule has 0 aromatic carbocycles. The molecule has 0 radical (unpaired) electrons. The molecule has 2 heterocycles. The molecule has 4 N–H and O–H groups in total. The standard InChI is InChI=1S/C17H34N4S2/c1-2-13-22-23-15-17-14-20-10-9-18-7-3-5-16(4-1)6-8-19-11-12-21-17/h1,4,16-21H,2-3,5-15H2/b4-1-. The van der Waals surface area contributed by atoms with Gasteiger partial charge in [0, 0.05) is 50.3 Å². The average molecular weight is 359 g/mol. The lowest BCUT2D eigenvalue weighted by atomic mass is 9.98.